The van der Waals surface area contributed by atoms with E-state index < -0.39 is 0 Å². The van der Waals surface area contributed by atoms with Crippen LogP contribution in [0.5, 0.6) is 0 Å². The van der Waals surface area contributed by atoms with Gasteiger partial charge in [0.25, 0.3) is 5.89 Å². The first kappa shape index (κ1) is 17.3. The summed E-state index contributed by atoms with van der Waals surface area (Å²) in [7, 11) is 1.90. The molecule has 0 spiro atoms. The van der Waals surface area contributed by atoms with E-state index in [4.69, 9.17) is 4.52 Å². The second-order valence-corrected chi connectivity index (χ2v) is 6.70. The molecule has 1 aliphatic heterocycles. The summed E-state index contributed by atoms with van der Waals surface area (Å²) in [6.45, 7) is 4.97. The average Bonchev–Trinajstić information content (AvgIpc) is 3.25. The molecule has 0 radical (unpaired) electrons. The number of carbonyl (C=O) groups excluding carboxylic acids is 1. The highest BCUT2D eigenvalue weighted by Crippen LogP contribution is 2.29. The molecule has 27 heavy (non-hydrogen) atoms. The van der Waals surface area contributed by atoms with Gasteiger partial charge in [0.05, 0.1) is 6.54 Å². The molecule has 8 heteroatoms. The third-order valence-corrected chi connectivity index (χ3v) is 4.87. The zero-order valence-electron chi connectivity index (χ0n) is 15.7. The third-order valence-electron chi connectivity index (χ3n) is 4.87. The molecule has 3 aromatic rings. The topological polar surface area (TPSA) is 89.1 Å². The Hall–Kier alpha value is -3.16. The van der Waals surface area contributed by atoms with Crippen LogP contribution < -0.4 is 5.32 Å². The minimum atomic E-state index is -0.124. The first-order chi connectivity index (χ1) is 13.0. The number of urea groups is 1. The molecule has 0 bridgehead atoms. The molecule has 1 N–H and O–H groups in total. The molecule has 2 amide bonds. The van der Waals surface area contributed by atoms with Gasteiger partial charge in [-0.1, -0.05) is 24.2 Å². The van der Waals surface area contributed by atoms with E-state index in [1.165, 1.54) is 5.56 Å². The number of hydrogen-bond donors (Lipinski definition) is 1. The Kier molecular flexibility index (Phi) is 4.39. The highest BCUT2D eigenvalue weighted by atomic mass is 16.5. The lowest BCUT2D eigenvalue weighted by molar-refractivity contribution is 0.206. The van der Waals surface area contributed by atoms with Gasteiger partial charge >= 0.3 is 6.03 Å². The Balaban J connectivity index is 1.54. The molecule has 0 saturated heterocycles. The molecule has 4 rings (SSSR count). The van der Waals surface area contributed by atoms with Gasteiger partial charge in [0.15, 0.2) is 11.5 Å². The molecule has 0 fully saturated rings. The lowest BCUT2D eigenvalue weighted by Crippen LogP contribution is -2.39. The van der Waals surface area contributed by atoms with Crippen molar-refractivity contribution in [3.8, 4) is 11.6 Å². The summed E-state index contributed by atoms with van der Waals surface area (Å²) >= 11 is 0. The van der Waals surface area contributed by atoms with E-state index in [0.717, 1.165) is 29.8 Å². The van der Waals surface area contributed by atoms with Crippen LogP contribution in [-0.4, -0.2) is 37.4 Å². The maximum absolute atomic E-state index is 12.7. The quantitative estimate of drug-likeness (QED) is 0.770. The Labute approximate surface area is 157 Å². The van der Waals surface area contributed by atoms with Crippen molar-refractivity contribution in [1.82, 2.24) is 24.8 Å². The van der Waals surface area contributed by atoms with Crippen LogP contribution in [0.1, 0.15) is 29.6 Å². The van der Waals surface area contributed by atoms with E-state index in [9.17, 15) is 4.79 Å². The van der Waals surface area contributed by atoms with Crippen molar-refractivity contribution >= 4 is 11.7 Å². The fourth-order valence-electron chi connectivity index (χ4n) is 3.36. The van der Waals surface area contributed by atoms with Crippen LogP contribution in [0.25, 0.3) is 11.6 Å². The molecular formula is C19H22N6O2. The number of aryl methyl sites for hydroxylation is 3. The molecular weight excluding hydrogens is 344 g/mol. The number of aromatic nitrogens is 4. The third kappa shape index (κ3) is 3.30. The van der Waals surface area contributed by atoms with Crippen LogP contribution in [0.4, 0.5) is 10.5 Å². The van der Waals surface area contributed by atoms with Gasteiger partial charge in [0.1, 0.15) is 0 Å². The highest BCUT2D eigenvalue weighted by Gasteiger charge is 2.29. The van der Waals surface area contributed by atoms with Gasteiger partial charge in [-0.2, -0.15) is 10.1 Å². The van der Waals surface area contributed by atoms with Crippen molar-refractivity contribution in [2.24, 2.45) is 7.05 Å². The van der Waals surface area contributed by atoms with Crippen molar-refractivity contribution < 1.29 is 9.32 Å². The van der Waals surface area contributed by atoms with Gasteiger partial charge in [-0.15, -0.1) is 0 Å². The first-order valence-electron chi connectivity index (χ1n) is 9.05. The minimum Gasteiger partial charge on any atom is -0.332 e. The zero-order valence-corrected chi connectivity index (χ0v) is 15.7. The summed E-state index contributed by atoms with van der Waals surface area (Å²) < 4.78 is 7.12. The van der Waals surface area contributed by atoms with E-state index in [1.54, 1.807) is 11.8 Å². The highest BCUT2D eigenvalue weighted by molar-refractivity contribution is 5.89. The van der Waals surface area contributed by atoms with Gasteiger partial charge in [-0.25, -0.2) is 4.79 Å². The maximum Gasteiger partial charge on any atom is 0.322 e. The number of fused-ring (bicyclic) bond motifs is 1. The largest absolute Gasteiger partial charge is 0.332 e. The smallest absolute Gasteiger partial charge is 0.322 e. The summed E-state index contributed by atoms with van der Waals surface area (Å²) in [5, 5.41) is 11.4. The summed E-state index contributed by atoms with van der Waals surface area (Å²) in [5.41, 5.74) is 4.74. The second-order valence-electron chi connectivity index (χ2n) is 6.70. The van der Waals surface area contributed by atoms with Crippen molar-refractivity contribution in [1.29, 1.82) is 0 Å². The Morgan fingerprint density at radius 1 is 1.30 bits per heavy atom. The molecule has 140 valence electrons. The number of hydrogen-bond acceptors (Lipinski definition) is 5. The van der Waals surface area contributed by atoms with Crippen LogP contribution >= 0.6 is 0 Å². The van der Waals surface area contributed by atoms with Crippen LogP contribution in [-0.2, 0) is 26.4 Å². The SMILES string of the molecule is CCc1ccc(NC(=O)N2CCc3c(c(-c4nc(C)no4)nn3C)C2)cc1. The maximum atomic E-state index is 12.7. The summed E-state index contributed by atoms with van der Waals surface area (Å²) in [5.74, 6) is 0.951. The molecule has 2 aromatic heterocycles. The number of benzene rings is 1. The van der Waals surface area contributed by atoms with Crippen molar-refractivity contribution in [2.45, 2.75) is 33.2 Å². The van der Waals surface area contributed by atoms with Crippen LogP contribution in [0.2, 0.25) is 0 Å². The van der Waals surface area contributed by atoms with Crippen molar-refractivity contribution in [2.75, 3.05) is 11.9 Å². The molecule has 1 aliphatic rings. The lowest BCUT2D eigenvalue weighted by Gasteiger charge is -2.27. The number of carbonyl (C=O) groups is 1. The van der Waals surface area contributed by atoms with Gasteiger partial charge in [0, 0.05) is 37.0 Å². The molecule has 1 aromatic carbocycles. The van der Waals surface area contributed by atoms with Crippen molar-refractivity contribution in [3.05, 3.63) is 46.9 Å². The van der Waals surface area contributed by atoms with Gasteiger partial charge < -0.3 is 14.7 Å². The average molecular weight is 366 g/mol. The number of nitrogens with one attached hydrogen (secondary N) is 1. The predicted octanol–water partition coefficient (Wildman–Crippen LogP) is 2.93. The molecule has 0 saturated carbocycles. The number of rotatable bonds is 3. The molecule has 0 atom stereocenters. The lowest BCUT2D eigenvalue weighted by atomic mass is 10.1. The van der Waals surface area contributed by atoms with Gasteiger partial charge in [-0.05, 0) is 31.0 Å². The second kappa shape index (κ2) is 6.86. The monoisotopic (exact) mass is 366 g/mol. The van der Waals surface area contributed by atoms with Crippen molar-refractivity contribution in [3.63, 3.8) is 0 Å². The van der Waals surface area contributed by atoms with E-state index in [2.05, 4.69) is 27.5 Å². The van der Waals surface area contributed by atoms with E-state index in [0.29, 0.717) is 30.5 Å². The zero-order chi connectivity index (χ0) is 19.0. The van der Waals surface area contributed by atoms with E-state index >= 15 is 0 Å². The Morgan fingerprint density at radius 3 is 2.74 bits per heavy atom. The Morgan fingerprint density at radius 2 is 2.07 bits per heavy atom. The summed E-state index contributed by atoms with van der Waals surface area (Å²) in [6.07, 6.45) is 1.70. The number of amides is 2. The molecule has 0 aliphatic carbocycles. The van der Waals surface area contributed by atoms with Gasteiger partial charge in [0.2, 0.25) is 0 Å². The standard InChI is InChI=1S/C19H22N6O2/c1-4-13-5-7-14(8-6-13)21-19(26)25-10-9-16-15(11-25)17(22-24(16)3)18-20-12(2)23-27-18/h5-8H,4,9-11H2,1-3H3,(H,21,26). The molecule has 8 nitrogen and oxygen atoms in total. The summed E-state index contributed by atoms with van der Waals surface area (Å²) in [4.78, 5) is 18.8. The van der Waals surface area contributed by atoms with E-state index in [-0.39, 0.29) is 6.03 Å². The van der Waals surface area contributed by atoms with E-state index in [1.807, 2.05) is 36.0 Å². The first-order valence-corrected chi connectivity index (χ1v) is 9.05. The van der Waals surface area contributed by atoms with Gasteiger partial charge in [-0.3, -0.25) is 4.68 Å². The fourth-order valence-corrected chi connectivity index (χ4v) is 3.36. The van der Waals surface area contributed by atoms with Crippen LogP contribution in [0, 0.1) is 6.92 Å². The Bertz CT molecular complexity index is 973. The molecule has 3 heterocycles. The number of nitrogens with zero attached hydrogens (tertiary/aromatic N) is 5. The predicted molar refractivity (Wildman–Crippen MR) is 100 cm³/mol. The minimum absolute atomic E-state index is 0.124. The van der Waals surface area contributed by atoms with Crippen LogP contribution in [0.15, 0.2) is 28.8 Å². The molecule has 0 unspecified atom stereocenters. The fraction of sp³-hybridized carbons (Fsp3) is 0.368. The van der Waals surface area contributed by atoms with Crippen LogP contribution in [0.3, 0.4) is 0 Å². The normalized spacial score (nSPS) is 13.5. The number of anilines is 1. The summed E-state index contributed by atoms with van der Waals surface area (Å²) in [6, 6.07) is 7.80.